The minimum absolute atomic E-state index is 0.214. The number of fused-ring (bicyclic) bond motifs is 1. The van der Waals surface area contributed by atoms with Crippen LogP contribution >= 0.6 is 34.8 Å². The van der Waals surface area contributed by atoms with Crippen molar-refractivity contribution in [3.8, 4) is 5.69 Å². The summed E-state index contributed by atoms with van der Waals surface area (Å²) >= 11 is 17.7. The van der Waals surface area contributed by atoms with Crippen LogP contribution in [-0.2, 0) is 11.3 Å². The Morgan fingerprint density at radius 2 is 1.79 bits per heavy atom. The van der Waals surface area contributed by atoms with Crippen LogP contribution in [0, 0.1) is 0 Å². The first-order chi connectivity index (χ1) is 13.9. The molecule has 0 aliphatic rings. The molecule has 0 aliphatic carbocycles. The summed E-state index contributed by atoms with van der Waals surface area (Å²) in [6.07, 6.45) is 2.74. The average molecular weight is 449 g/mol. The number of halogens is 3. The smallest absolute Gasteiger partial charge is 0.264 e. The van der Waals surface area contributed by atoms with Crippen LogP contribution in [0.5, 0.6) is 0 Å². The van der Waals surface area contributed by atoms with Crippen molar-refractivity contribution in [2.45, 2.75) is 6.54 Å². The number of nitrogens with zero attached hydrogens (tertiary/aromatic N) is 4. The molecule has 29 heavy (non-hydrogen) atoms. The molecule has 0 unspecified atom stereocenters. The van der Waals surface area contributed by atoms with Gasteiger partial charge in [0.05, 0.1) is 21.9 Å². The van der Waals surface area contributed by atoms with E-state index in [0.717, 1.165) is 0 Å². The molecule has 0 saturated carbocycles. The number of hydrogen-bond donors (Lipinski definition) is 1. The molecule has 0 aliphatic heterocycles. The molecule has 0 atom stereocenters. The summed E-state index contributed by atoms with van der Waals surface area (Å²) in [5.41, 5.74) is 1.20. The Kier molecular flexibility index (Phi) is 5.27. The number of hydrogen-bond acceptors (Lipinski definition) is 4. The predicted molar refractivity (Wildman–Crippen MR) is 113 cm³/mol. The van der Waals surface area contributed by atoms with Crippen molar-refractivity contribution < 1.29 is 4.79 Å². The Hall–Kier alpha value is -2.87. The van der Waals surface area contributed by atoms with E-state index in [2.05, 4.69) is 15.4 Å². The lowest BCUT2D eigenvalue weighted by Crippen LogP contribution is -2.27. The summed E-state index contributed by atoms with van der Waals surface area (Å²) in [6.45, 7) is -0.214. The minimum Gasteiger partial charge on any atom is -0.324 e. The Morgan fingerprint density at radius 3 is 2.52 bits per heavy atom. The summed E-state index contributed by atoms with van der Waals surface area (Å²) in [7, 11) is 0. The highest BCUT2D eigenvalue weighted by molar-refractivity contribution is 6.42. The second-order valence-electron chi connectivity index (χ2n) is 6.12. The van der Waals surface area contributed by atoms with Gasteiger partial charge in [-0.15, -0.1) is 0 Å². The lowest BCUT2D eigenvalue weighted by atomic mass is 10.3. The normalized spacial score (nSPS) is 11.0. The molecular weight excluding hydrogens is 437 g/mol. The van der Waals surface area contributed by atoms with Crippen LogP contribution in [0.4, 0.5) is 5.69 Å². The number of aromatic nitrogens is 4. The van der Waals surface area contributed by atoms with E-state index in [1.807, 2.05) is 0 Å². The summed E-state index contributed by atoms with van der Waals surface area (Å²) < 4.78 is 2.75. The second-order valence-corrected chi connectivity index (χ2v) is 7.38. The largest absolute Gasteiger partial charge is 0.324 e. The van der Waals surface area contributed by atoms with Gasteiger partial charge < -0.3 is 5.32 Å². The monoisotopic (exact) mass is 447 g/mol. The fraction of sp³-hybridized carbons (Fsp3) is 0.0526. The van der Waals surface area contributed by atoms with Crippen molar-refractivity contribution in [2.24, 2.45) is 0 Å². The molecule has 2 aromatic heterocycles. The van der Waals surface area contributed by atoms with Crippen LogP contribution in [0.3, 0.4) is 0 Å². The van der Waals surface area contributed by atoms with Crippen LogP contribution in [0.25, 0.3) is 16.7 Å². The van der Waals surface area contributed by atoms with E-state index in [-0.39, 0.29) is 12.1 Å². The topological polar surface area (TPSA) is 81.8 Å². The van der Waals surface area contributed by atoms with Gasteiger partial charge in [0.1, 0.15) is 18.3 Å². The van der Waals surface area contributed by atoms with Gasteiger partial charge in [0.15, 0.2) is 5.65 Å². The number of amides is 1. The van der Waals surface area contributed by atoms with Gasteiger partial charge in [0.2, 0.25) is 5.91 Å². The zero-order chi connectivity index (χ0) is 20.5. The zero-order valence-electron chi connectivity index (χ0n) is 14.6. The fourth-order valence-electron chi connectivity index (χ4n) is 2.76. The first-order valence-corrected chi connectivity index (χ1v) is 9.50. The van der Waals surface area contributed by atoms with E-state index in [9.17, 15) is 9.59 Å². The molecule has 146 valence electrons. The van der Waals surface area contributed by atoms with Gasteiger partial charge in [0, 0.05) is 10.7 Å². The molecule has 2 heterocycles. The van der Waals surface area contributed by atoms with Crippen molar-refractivity contribution in [3.05, 3.63) is 80.4 Å². The molecule has 0 radical (unpaired) electrons. The van der Waals surface area contributed by atoms with Crippen molar-refractivity contribution in [2.75, 3.05) is 5.32 Å². The Bertz CT molecular complexity index is 1280. The van der Waals surface area contributed by atoms with E-state index >= 15 is 0 Å². The molecule has 0 fully saturated rings. The molecule has 2 aromatic carbocycles. The number of rotatable bonds is 4. The van der Waals surface area contributed by atoms with Crippen molar-refractivity contribution in [1.29, 1.82) is 0 Å². The maximum absolute atomic E-state index is 12.7. The molecule has 0 bridgehead atoms. The van der Waals surface area contributed by atoms with Gasteiger partial charge in [-0.2, -0.15) is 5.10 Å². The quantitative estimate of drug-likeness (QED) is 0.508. The van der Waals surface area contributed by atoms with Gasteiger partial charge in [-0.3, -0.25) is 14.2 Å². The van der Waals surface area contributed by atoms with Gasteiger partial charge in [-0.25, -0.2) is 9.67 Å². The van der Waals surface area contributed by atoms with E-state index < -0.39 is 5.91 Å². The number of anilines is 1. The van der Waals surface area contributed by atoms with Gasteiger partial charge in [-0.05, 0) is 42.5 Å². The first-order valence-electron chi connectivity index (χ1n) is 8.36. The van der Waals surface area contributed by atoms with Crippen LogP contribution < -0.4 is 10.9 Å². The van der Waals surface area contributed by atoms with Crippen molar-refractivity contribution in [1.82, 2.24) is 19.3 Å². The first kappa shape index (κ1) is 19.4. The maximum atomic E-state index is 12.7. The lowest BCUT2D eigenvalue weighted by molar-refractivity contribution is -0.116. The second kappa shape index (κ2) is 7.87. The number of nitrogens with one attached hydrogen (secondary N) is 1. The van der Waals surface area contributed by atoms with Gasteiger partial charge in [-0.1, -0.05) is 34.8 Å². The Morgan fingerprint density at radius 1 is 1.03 bits per heavy atom. The lowest BCUT2D eigenvalue weighted by Gasteiger charge is -2.08. The molecule has 1 amide bonds. The zero-order valence-corrected chi connectivity index (χ0v) is 16.9. The van der Waals surface area contributed by atoms with Crippen molar-refractivity contribution >= 4 is 57.4 Å². The molecule has 10 heteroatoms. The molecule has 0 saturated heterocycles. The molecule has 7 nitrogen and oxygen atoms in total. The molecule has 4 aromatic rings. The number of carbonyl (C=O) groups excluding carboxylic acids is 1. The molecular formula is C19H12Cl3N5O2. The summed E-state index contributed by atoms with van der Waals surface area (Å²) in [5, 5.41) is 8.49. The summed E-state index contributed by atoms with van der Waals surface area (Å²) in [5.74, 6) is -0.406. The maximum Gasteiger partial charge on any atom is 0.264 e. The third kappa shape index (κ3) is 3.98. The van der Waals surface area contributed by atoms with E-state index in [0.29, 0.717) is 37.5 Å². The van der Waals surface area contributed by atoms with Gasteiger partial charge in [0.25, 0.3) is 5.56 Å². The summed E-state index contributed by atoms with van der Waals surface area (Å²) in [6, 6.07) is 11.7. The van der Waals surface area contributed by atoms with Crippen LogP contribution in [-0.4, -0.2) is 25.2 Å². The standard InChI is InChI=1S/C19H12Cl3N5O2/c20-11-1-4-13(5-2-11)27-18-14(8-24-27)19(29)26(10-23-18)9-17(28)25-12-3-6-15(21)16(22)7-12/h1-8,10H,9H2,(H,25,28). The highest BCUT2D eigenvalue weighted by Gasteiger charge is 2.13. The average Bonchev–Trinajstić information content (AvgIpc) is 3.12. The minimum atomic E-state index is -0.406. The van der Waals surface area contributed by atoms with Crippen LogP contribution in [0.2, 0.25) is 15.1 Å². The SMILES string of the molecule is O=C(Cn1cnc2c(cnn2-c2ccc(Cl)cc2)c1=O)Nc1ccc(Cl)c(Cl)c1. The summed E-state index contributed by atoms with van der Waals surface area (Å²) in [4.78, 5) is 29.4. The highest BCUT2D eigenvalue weighted by atomic mass is 35.5. The predicted octanol–water partition coefficient (Wildman–Crippen LogP) is 4.18. The highest BCUT2D eigenvalue weighted by Crippen LogP contribution is 2.25. The van der Waals surface area contributed by atoms with E-state index in [1.54, 1.807) is 36.4 Å². The Labute approximate surface area is 179 Å². The fourth-order valence-corrected chi connectivity index (χ4v) is 3.19. The molecule has 4 rings (SSSR count). The third-order valence-corrected chi connectivity index (χ3v) is 5.13. The van der Waals surface area contributed by atoms with Gasteiger partial charge >= 0.3 is 0 Å². The van der Waals surface area contributed by atoms with Crippen molar-refractivity contribution in [3.63, 3.8) is 0 Å². The Balaban J connectivity index is 1.59. The van der Waals surface area contributed by atoms with Crippen LogP contribution in [0.15, 0.2) is 59.8 Å². The van der Waals surface area contributed by atoms with E-state index in [4.69, 9.17) is 34.8 Å². The number of carbonyl (C=O) groups is 1. The molecule has 0 spiro atoms. The third-order valence-electron chi connectivity index (χ3n) is 4.14. The van der Waals surface area contributed by atoms with E-state index in [1.165, 1.54) is 27.8 Å². The number of benzene rings is 2. The van der Waals surface area contributed by atoms with Crippen LogP contribution in [0.1, 0.15) is 0 Å². The molecule has 1 N–H and O–H groups in total.